The quantitative estimate of drug-likeness (QED) is 0.896. The van der Waals surface area contributed by atoms with Crippen LogP contribution in [0.2, 0.25) is 0 Å². The van der Waals surface area contributed by atoms with Crippen molar-refractivity contribution in [2.24, 2.45) is 5.41 Å². The molecule has 0 bridgehead atoms. The molecule has 0 aliphatic carbocycles. The number of aryl methyl sites for hydroxylation is 1. The zero-order valence-electron chi connectivity index (χ0n) is 13.4. The summed E-state index contributed by atoms with van der Waals surface area (Å²) in [6, 6.07) is 0.220. The first kappa shape index (κ1) is 14.9. The molecule has 118 valence electrons. The maximum absolute atomic E-state index is 5.31. The molecule has 2 unspecified atom stereocenters. The predicted molar refractivity (Wildman–Crippen MR) is 81.1 cm³/mol. The first-order valence-corrected chi connectivity index (χ1v) is 8.03. The van der Waals surface area contributed by atoms with E-state index in [1.807, 2.05) is 6.92 Å². The Labute approximate surface area is 126 Å². The maximum Gasteiger partial charge on any atom is 0.243 e. The molecule has 2 atom stereocenters. The molecular formula is C15H27N5O. The van der Waals surface area contributed by atoms with E-state index in [1.165, 1.54) is 19.5 Å². The van der Waals surface area contributed by atoms with Crippen LogP contribution in [0.5, 0.6) is 0 Å². The van der Waals surface area contributed by atoms with E-state index in [0.717, 1.165) is 44.4 Å². The third-order valence-electron chi connectivity index (χ3n) is 4.92. The Morgan fingerprint density at radius 2 is 2.10 bits per heavy atom. The van der Waals surface area contributed by atoms with Crippen LogP contribution in [0.15, 0.2) is 4.52 Å². The van der Waals surface area contributed by atoms with Gasteiger partial charge in [-0.2, -0.15) is 4.98 Å². The molecule has 2 aliphatic rings. The molecule has 1 aromatic rings. The van der Waals surface area contributed by atoms with Crippen LogP contribution in [-0.2, 0) is 0 Å². The van der Waals surface area contributed by atoms with Gasteiger partial charge in [0.15, 0.2) is 5.82 Å². The Morgan fingerprint density at radius 3 is 2.67 bits per heavy atom. The van der Waals surface area contributed by atoms with Gasteiger partial charge in [-0.3, -0.25) is 4.90 Å². The normalized spacial score (nSPS) is 29.9. The van der Waals surface area contributed by atoms with Crippen LogP contribution in [0, 0.1) is 12.3 Å². The number of hydrogen-bond donors (Lipinski definition) is 1. The highest BCUT2D eigenvalue weighted by Gasteiger charge is 2.33. The van der Waals surface area contributed by atoms with Crippen molar-refractivity contribution in [1.29, 1.82) is 0 Å². The van der Waals surface area contributed by atoms with Gasteiger partial charge in [0.05, 0.1) is 6.04 Å². The molecule has 0 spiro atoms. The molecule has 3 rings (SSSR count). The lowest BCUT2D eigenvalue weighted by Gasteiger charge is -2.40. The second-order valence-electron chi connectivity index (χ2n) is 6.91. The van der Waals surface area contributed by atoms with E-state index in [0.29, 0.717) is 5.41 Å². The zero-order valence-corrected chi connectivity index (χ0v) is 13.4. The predicted octanol–water partition coefficient (Wildman–Crippen LogP) is 1.06. The minimum Gasteiger partial charge on any atom is -0.338 e. The van der Waals surface area contributed by atoms with Crippen LogP contribution in [0.4, 0.5) is 0 Å². The summed E-state index contributed by atoms with van der Waals surface area (Å²) in [6.45, 7) is 14.4. The molecule has 0 saturated carbocycles. The Kier molecular flexibility index (Phi) is 4.28. The first-order valence-electron chi connectivity index (χ1n) is 8.03. The van der Waals surface area contributed by atoms with Crippen LogP contribution in [0.25, 0.3) is 0 Å². The summed E-state index contributed by atoms with van der Waals surface area (Å²) in [5.41, 5.74) is 0.456. The van der Waals surface area contributed by atoms with Crippen molar-refractivity contribution in [3.05, 3.63) is 11.7 Å². The van der Waals surface area contributed by atoms with Gasteiger partial charge in [0, 0.05) is 39.3 Å². The topological polar surface area (TPSA) is 57.4 Å². The van der Waals surface area contributed by atoms with Gasteiger partial charge in [0.25, 0.3) is 0 Å². The van der Waals surface area contributed by atoms with Crippen molar-refractivity contribution in [3.63, 3.8) is 0 Å². The molecule has 1 aromatic heterocycles. The lowest BCUT2D eigenvalue weighted by atomic mass is 9.89. The highest BCUT2D eigenvalue weighted by atomic mass is 16.5. The number of hydrogen-bond acceptors (Lipinski definition) is 6. The van der Waals surface area contributed by atoms with Crippen LogP contribution in [-0.4, -0.2) is 65.8 Å². The molecule has 2 fully saturated rings. The lowest BCUT2D eigenvalue weighted by molar-refractivity contribution is 0.0665. The zero-order chi connectivity index (χ0) is 14.9. The monoisotopic (exact) mass is 293 g/mol. The molecule has 0 radical (unpaired) electrons. The Bertz CT molecular complexity index is 460. The van der Waals surface area contributed by atoms with Crippen LogP contribution in [0.3, 0.4) is 0 Å². The molecular weight excluding hydrogens is 266 g/mol. The van der Waals surface area contributed by atoms with E-state index >= 15 is 0 Å². The van der Waals surface area contributed by atoms with Crippen molar-refractivity contribution in [2.75, 3.05) is 45.8 Å². The third kappa shape index (κ3) is 3.44. The fraction of sp³-hybridized carbons (Fsp3) is 0.867. The molecule has 2 aliphatic heterocycles. The summed E-state index contributed by atoms with van der Waals surface area (Å²) in [4.78, 5) is 9.41. The van der Waals surface area contributed by atoms with Crippen molar-refractivity contribution in [3.8, 4) is 0 Å². The van der Waals surface area contributed by atoms with Gasteiger partial charge in [-0.25, -0.2) is 0 Å². The highest BCUT2D eigenvalue weighted by Crippen LogP contribution is 2.27. The lowest BCUT2D eigenvalue weighted by Crippen LogP contribution is -2.50. The molecule has 3 heterocycles. The van der Waals surface area contributed by atoms with E-state index < -0.39 is 0 Å². The van der Waals surface area contributed by atoms with E-state index in [1.54, 1.807) is 0 Å². The molecule has 6 nitrogen and oxygen atoms in total. The second-order valence-corrected chi connectivity index (χ2v) is 6.91. The van der Waals surface area contributed by atoms with E-state index in [4.69, 9.17) is 4.52 Å². The van der Waals surface area contributed by atoms with Gasteiger partial charge in [0.1, 0.15) is 0 Å². The van der Waals surface area contributed by atoms with Crippen LogP contribution in [0.1, 0.15) is 38.0 Å². The minimum atomic E-state index is 0.220. The van der Waals surface area contributed by atoms with Gasteiger partial charge < -0.3 is 14.7 Å². The number of piperazine rings is 1. The Balaban J connectivity index is 1.50. The summed E-state index contributed by atoms with van der Waals surface area (Å²) in [5.74, 6) is 1.46. The maximum atomic E-state index is 5.31. The largest absolute Gasteiger partial charge is 0.338 e. The van der Waals surface area contributed by atoms with Crippen molar-refractivity contribution >= 4 is 0 Å². The van der Waals surface area contributed by atoms with Gasteiger partial charge in [-0.15, -0.1) is 0 Å². The van der Waals surface area contributed by atoms with Crippen LogP contribution < -0.4 is 5.32 Å². The standard InChI is InChI=1S/C15H27N5O/c1-12(14-17-13(2)18-21-14)20-8-6-19(7-9-20)11-15(3)4-5-16-10-15/h12,16H,4-11H2,1-3H3. The van der Waals surface area contributed by atoms with Gasteiger partial charge >= 0.3 is 0 Å². The van der Waals surface area contributed by atoms with Crippen molar-refractivity contribution in [2.45, 2.75) is 33.2 Å². The van der Waals surface area contributed by atoms with E-state index in [9.17, 15) is 0 Å². The second kappa shape index (κ2) is 6.02. The SMILES string of the molecule is Cc1noc(C(C)N2CCN(CC3(C)CCNC3)CC2)n1. The molecule has 6 heteroatoms. The fourth-order valence-electron chi connectivity index (χ4n) is 3.49. The first-order chi connectivity index (χ1) is 10.1. The number of nitrogens with zero attached hydrogens (tertiary/aromatic N) is 4. The molecule has 2 saturated heterocycles. The van der Waals surface area contributed by atoms with Crippen molar-refractivity contribution in [1.82, 2.24) is 25.3 Å². The average Bonchev–Trinajstić information content (AvgIpc) is 3.08. The van der Waals surface area contributed by atoms with Crippen LogP contribution >= 0.6 is 0 Å². The summed E-state index contributed by atoms with van der Waals surface area (Å²) in [6.07, 6.45) is 1.30. The molecule has 1 N–H and O–H groups in total. The third-order valence-corrected chi connectivity index (χ3v) is 4.92. The number of rotatable bonds is 4. The molecule has 0 amide bonds. The summed E-state index contributed by atoms with van der Waals surface area (Å²) >= 11 is 0. The Morgan fingerprint density at radius 1 is 1.33 bits per heavy atom. The van der Waals surface area contributed by atoms with E-state index in [-0.39, 0.29) is 6.04 Å². The van der Waals surface area contributed by atoms with E-state index in [2.05, 4.69) is 39.1 Å². The van der Waals surface area contributed by atoms with Crippen molar-refractivity contribution < 1.29 is 4.52 Å². The highest BCUT2D eigenvalue weighted by molar-refractivity contribution is 4.93. The average molecular weight is 293 g/mol. The van der Waals surface area contributed by atoms with Gasteiger partial charge in [-0.05, 0) is 32.2 Å². The number of nitrogens with one attached hydrogen (secondary N) is 1. The summed E-state index contributed by atoms with van der Waals surface area (Å²) in [5, 5.41) is 7.38. The molecule has 0 aromatic carbocycles. The number of aromatic nitrogens is 2. The minimum absolute atomic E-state index is 0.220. The van der Waals surface area contributed by atoms with Gasteiger partial charge in [0.2, 0.25) is 5.89 Å². The molecule has 21 heavy (non-hydrogen) atoms. The Hall–Kier alpha value is -0.980. The summed E-state index contributed by atoms with van der Waals surface area (Å²) < 4.78 is 5.31. The fourth-order valence-corrected chi connectivity index (χ4v) is 3.49. The van der Waals surface area contributed by atoms with Gasteiger partial charge in [-0.1, -0.05) is 12.1 Å². The summed E-state index contributed by atoms with van der Waals surface area (Å²) in [7, 11) is 0. The smallest absolute Gasteiger partial charge is 0.243 e.